The fourth-order valence-electron chi connectivity index (χ4n) is 5.16. The zero-order chi connectivity index (χ0) is 24.2. The monoisotopic (exact) mass is 487 g/mol. The lowest BCUT2D eigenvalue weighted by Crippen LogP contribution is -2.15. The highest BCUT2D eigenvalue weighted by atomic mass is 32.1. The van der Waals surface area contributed by atoms with Crippen LogP contribution in [0.3, 0.4) is 0 Å². The number of hydrogen-bond donors (Lipinski definition) is 0. The van der Waals surface area contributed by atoms with E-state index < -0.39 is 0 Å². The zero-order valence-electron chi connectivity index (χ0n) is 19.5. The summed E-state index contributed by atoms with van der Waals surface area (Å²) in [6, 6.07) is 33.8. The van der Waals surface area contributed by atoms with E-state index in [2.05, 4.69) is 16.5 Å². The van der Waals surface area contributed by atoms with E-state index in [1.165, 1.54) is 0 Å². The van der Waals surface area contributed by atoms with Crippen LogP contribution in [0.2, 0.25) is 0 Å². The summed E-state index contributed by atoms with van der Waals surface area (Å²) in [6.07, 6.45) is -0.360. The smallest absolute Gasteiger partial charge is 0.210 e. The number of fused-ring (bicyclic) bond motifs is 7. The van der Waals surface area contributed by atoms with Crippen molar-refractivity contribution in [3.8, 4) is 22.6 Å². The summed E-state index contributed by atoms with van der Waals surface area (Å²) in [4.78, 5) is 15.2. The third-order valence-electron chi connectivity index (χ3n) is 6.81. The molecule has 7 rings (SSSR count). The normalized spacial score (nSPS) is 14.3. The van der Waals surface area contributed by atoms with Crippen molar-refractivity contribution in [1.82, 2.24) is 4.40 Å². The van der Waals surface area contributed by atoms with E-state index in [4.69, 9.17) is 9.47 Å². The third kappa shape index (κ3) is 3.03. The Balaban J connectivity index is 1.60. The van der Waals surface area contributed by atoms with Crippen LogP contribution >= 0.6 is 11.3 Å². The van der Waals surface area contributed by atoms with Crippen molar-refractivity contribution in [3.05, 3.63) is 126 Å². The molecule has 1 atom stereocenters. The number of ether oxygens (including phenoxy) is 2. The number of para-hydroxylation sites is 2. The summed E-state index contributed by atoms with van der Waals surface area (Å²) in [5, 5.41) is 0. The Bertz CT molecular complexity index is 1760. The van der Waals surface area contributed by atoms with Gasteiger partial charge in [0.1, 0.15) is 22.0 Å². The number of nitrogens with zero attached hydrogens (tertiary/aromatic N) is 1. The maximum absolute atomic E-state index is 14.2. The van der Waals surface area contributed by atoms with Crippen LogP contribution < -0.4 is 9.47 Å². The molecule has 6 aromatic rings. The van der Waals surface area contributed by atoms with Crippen LogP contribution in [0, 0.1) is 0 Å². The predicted octanol–water partition coefficient (Wildman–Crippen LogP) is 7.54. The van der Waals surface area contributed by atoms with Gasteiger partial charge in [-0.05, 0) is 35.9 Å². The van der Waals surface area contributed by atoms with Crippen molar-refractivity contribution in [2.75, 3.05) is 7.11 Å². The molecule has 36 heavy (non-hydrogen) atoms. The van der Waals surface area contributed by atoms with Gasteiger partial charge in [-0.3, -0.25) is 9.20 Å². The second kappa shape index (κ2) is 8.11. The standard InChI is InChI=1S/C31H21NO3S/c1-34-21-17-15-20(16-18-21)30-27-26(22-11-5-7-13-24(22)35-30)28(29(33)19-9-3-2-4-10-19)32-23-12-6-8-14-25(23)36-31(27)32/h2-18,30H,1H3/t30-/m1/s1. The van der Waals surface area contributed by atoms with Gasteiger partial charge in [-0.1, -0.05) is 72.8 Å². The molecule has 1 aliphatic heterocycles. The minimum atomic E-state index is -0.360. The summed E-state index contributed by atoms with van der Waals surface area (Å²) in [6.45, 7) is 0. The Morgan fingerprint density at radius 3 is 2.39 bits per heavy atom. The molecule has 0 fully saturated rings. The van der Waals surface area contributed by atoms with Crippen molar-refractivity contribution in [2.24, 2.45) is 0 Å². The quantitative estimate of drug-likeness (QED) is 0.241. The van der Waals surface area contributed by atoms with E-state index in [9.17, 15) is 4.79 Å². The largest absolute Gasteiger partial charge is 0.497 e. The molecule has 0 saturated carbocycles. The molecule has 0 N–H and O–H groups in total. The van der Waals surface area contributed by atoms with Crippen molar-refractivity contribution >= 4 is 32.2 Å². The van der Waals surface area contributed by atoms with Gasteiger partial charge in [0.2, 0.25) is 5.78 Å². The van der Waals surface area contributed by atoms with Gasteiger partial charge in [-0.15, -0.1) is 11.3 Å². The number of hydrogen-bond acceptors (Lipinski definition) is 4. The first-order chi connectivity index (χ1) is 17.7. The average molecular weight is 488 g/mol. The number of rotatable bonds is 4. The molecule has 5 heteroatoms. The summed E-state index contributed by atoms with van der Waals surface area (Å²) < 4.78 is 15.3. The maximum Gasteiger partial charge on any atom is 0.210 e. The van der Waals surface area contributed by atoms with E-state index in [0.29, 0.717) is 11.3 Å². The van der Waals surface area contributed by atoms with E-state index in [1.807, 2.05) is 91.0 Å². The van der Waals surface area contributed by atoms with Crippen LogP contribution in [0.25, 0.3) is 26.2 Å². The van der Waals surface area contributed by atoms with Gasteiger partial charge in [0.15, 0.2) is 6.10 Å². The Kier molecular flexibility index (Phi) is 4.72. The molecule has 0 amide bonds. The summed E-state index contributed by atoms with van der Waals surface area (Å²) in [5.41, 5.74) is 6.30. The van der Waals surface area contributed by atoms with E-state index >= 15 is 0 Å². The highest BCUT2D eigenvalue weighted by molar-refractivity contribution is 7.24. The van der Waals surface area contributed by atoms with Crippen LogP contribution in [0.1, 0.15) is 33.3 Å². The summed E-state index contributed by atoms with van der Waals surface area (Å²) in [7, 11) is 1.66. The van der Waals surface area contributed by atoms with Crippen LogP contribution in [-0.2, 0) is 0 Å². The molecule has 174 valence electrons. The van der Waals surface area contributed by atoms with Gasteiger partial charge in [0, 0.05) is 22.3 Å². The number of benzene rings is 4. The number of carbonyl (C=O) groups excluding carboxylic acids is 1. The fourth-order valence-corrected chi connectivity index (χ4v) is 6.38. The number of ketones is 1. The van der Waals surface area contributed by atoms with Crippen molar-refractivity contribution in [3.63, 3.8) is 0 Å². The minimum absolute atomic E-state index is 0.000544. The highest BCUT2D eigenvalue weighted by Crippen LogP contribution is 2.52. The molecule has 2 aromatic heterocycles. The van der Waals surface area contributed by atoms with Gasteiger partial charge in [-0.25, -0.2) is 0 Å². The molecular formula is C31H21NO3S. The number of carbonyl (C=O) groups is 1. The number of thiazole rings is 1. The molecule has 0 saturated heterocycles. The lowest BCUT2D eigenvalue weighted by atomic mass is 9.89. The van der Waals surface area contributed by atoms with Gasteiger partial charge < -0.3 is 9.47 Å². The predicted molar refractivity (Wildman–Crippen MR) is 144 cm³/mol. The molecule has 0 bridgehead atoms. The van der Waals surface area contributed by atoms with Crippen molar-refractivity contribution in [2.45, 2.75) is 6.10 Å². The van der Waals surface area contributed by atoms with Crippen molar-refractivity contribution in [1.29, 1.82) is 0 Å². The Labute approximate surface area is 212 Å². The SMILES string of the molecule is COc1ccc([C@H]2Oc3ccccc3-c3c2c2sc4ccccc4n2c3C(=O)c2ccccc2)cc1. The number of aromatic nitrogens is 1. The molecule has 0 unspecified atom stereocenters. The van der Waals surface area contributed by atoms with Crippen LogP contribution in [0.4, 0.5) is 0 Å². The summed E-state index contributed by atoms with van der Waals surface area (Å²) in [5.74, 6) is 1.56. The minimum Gasteiger partial charge on any atom is -0.497 e. The van der Waals surface area contributed by atoms with Gasteiger partial charge >= 0.3 is 0 Å². The molecule has 3 heterocycles. The topological polar surface area (TPSA) is 39.9 Å². The Morgan fingerprint density at radius 1 is 0.861 bits per heavy atom. The maximum atomic E-state index is 14.2. The third-order valence-corrected chi connectivity index (χ3v) is 7.97. The fraction of sp³-hybridized carbons (Fsp3) is 0.0645. The Morgan fingerprint density at radius 2 is 1.58 bits per heavy atom. The molecule has 4 nitrogen and oxygen atoms in total. The highest BCUT2D eigenvalue weighted by Gasteiger charge is 2.37. The van der Waals surface area contributed by atoms with E-state index in [0.717, 1.165) is 48.8 Å². The second-order valence-corrected chi connectivity index (χ2v) is 9.84. The van der Waals surface area contributed by atoms with Crippen LogP contribution in [-0.4, -0.2) is 17.3 Å². The van der Waals surface area contributed by atoms with Crippen LogP contribution in [0.5, 0.6) is 11.5 Å². The van der Waals surface area contributed by atoms with E-state index in [1.54, 1.807) is 18.4 Å². The molecule has 0 radical (unpaired) electrons. The first kappa shape index (κ1) is 21.0. The second-order valence-electron chi connectivity index (χ2n) is 8.81. The molecule has 0 spiro atoms. The lowest BCUT2D eigenvalue weighted by Gasteiger charge is -2.27. The zero-order valence-corrected chi connectivity index (χ0v) is 20.3. The molecule has 0 aliphatic carbocycles. The Hall–Kier alpha value is -4.35. The molecule has 4 aromatic carbocycles. The van der Waals surface area contributed by atoms with Gasteiger partial charge in [0.25, 0.3) is 0 Å². The lowest BCUT2D eigenvalue weighted by molar-refractivity contribution is 0.103. The van der Waals surface area contributed by atoms with E-state index in [-0.39, 0.29) is 11.9 Å². The average Bonchev–Trinajstić information content (AvgIpc) is 3.48. The van der Waals surface area contributed by atoms with Crippen molar-refractivity contribution < 1.29 is 14.3 Å². The number of methoxy groups -OCH3 is 1. The van der Waals surface area contributed by atoms with Crippen LogP contribution in [0.15, 0.2) is 103 Å². The first-order valence-corrected chi connectivity index (χ1v) is 12.6. The van der Waals surface area contributed by atoms with Gasteiger partial charge in [0.05, 0.1) is 17.3 Å². The van der Waals surface area contributed by atoms with Gasteiger partial charge in [-0.2, -0.15) is 0 Å². The summed E-state index contributed by atoms with van der Waals surface area (Å²) >= 11 is 1.70. The molecule has 1 aliphatic rings. The molecular weight excluding hydrogens is 466 g/mol. The first-order valence-electron chi connectivity index (χ1n) is 11.8.